The van der Waals surface area contributed by atoms with Crippen LogP contribution in [-0.2, 0) is 0 Å². The van der Waals surface area contributed by atoms with Gasteiger partial charge in [0.1, 0.15) is 40.6 Å². The Morgan fingerprint density at radius 2 is 1.84 bits per heavy atom. The number of aromatic amines is 1. The van der Waals surface area contributed by atoms with Crippen LogP contribution in [0.1, 0.15) is 44.6 Å². The number of imidazole rings is 1. The Kier molecular flexibility index (Phi) is 7.37. The van der Waals surface area contributed by atoms with Gasteiger partial charge >= 0.3 is 5.97 Å². The van der Waals surface area contributed by atoms with Crippen LogP contribution in [0.3, 0.4) is 0 Å². The van der Waals surface area contributed by atoms with E-state index in [1.165, 1.54) is 4.90 Å². The number of carbonyl (C=O) groups excluding carboxylic acids is 1. The first-order chi connectivity index (χ1) is 17.6. The predicted octanol–water partition coefficient (Wildman–Crippen LogP) is 5.14. The normalized spacial score (nSPS) is 14.1. The van der Waals surface area contributed by atoms with Crippen molar-refractivity contribution in [3.8, 4) is 11.5 Å². The van der Waals surface area contributed by atoms with Crippen molar-refractivity contribution < 1.29 is 33.0 Å². The second-order valence-corrected chi connectivity index (χ2v) is 8.61. The molecule has 0 spiro atoms. The highest BCUT2D eigenvalue weighted by Gasteiger charge is 2.29. The third kappa shape index (κ3) is 5.69. The minimum Gasteiger partial charge on any atom is -0.493 e. The highest BCUT2D eigenvalue weighted by molar-refractivity contribution is 5.99. The Hall–Kier alpha value is -4.47. The Labute approximate surface area is 211 Å². The fourth-order valence-corrected chi connectivity index (χ4v) is 3.95. The molecule has 1 atom stereocenters. The molecule has 8 nitrogen and oxygen atoms in total. The van der Waals surface area contributed by atoms with Gasteiger partial charge in [0.2, 0.25) is 0 Å². The molecule has 0 aliphatic carbocycles. The van der Waals surface area contributed by atoms with Crippen LogP contribution in [0.2, 0.25) is 0 Å². The lowest BCUT2D eigenvalue weighted by Crippen LogP contribution is -2.22. The molecule has 2 N–H and O–H groups in total. The Balaban J connectivity index is 0.000000301. The van der Waals surface area contributed by atoms with Gasteiger partial charge in [-0.15, -0.1) is 0 Å². The summed E-state index contributed by atoms with van der Waals surface area (Å²) in [5, 5.41) is 8.38. The molecule has 2 heterocycles. The van der Waals surface area contributed by atoms with Gasteiger partial charge in [-0.2, -0.15) is 0 Å². The van der Waals surface area contributed by atoms with Crippen molar-refractivity contribution >= 4 is 22.9 Å². The van der Waals surface area contributed by atoms with Crippen molar-refractivity contribution in [2.75, 3.05) is 20.7 Å². The van der Waals surface area contributed by atoms with E-state index in [0.29, 0.717) is 40.2 Å². The number of carboxylic acid groups (broad SMARTS) is 1. The number of benzene rings is 3. The highest BCUT2D eigenvalue weighted by Crippen LogP contribution is 2.39. The van der Waals surface area contributed by atoms with Gasteiger partial charge in [0.05, 0.1) is 23.3 Å². The molecule has 37 heavy (non-hydrogen) atoms. The van der Waals surface area contributed by atoms with Gasteiger partial charge in [-0.05, 0) is 31.2 Å². The molecular weight excluding hydrogens is 484 g/mol. The zero-order chi connectivity index (χ0) is 26.7. The molecule has 1 aromatic heterocycles. The van der Waals surface area contributed by atoms with Crippen LogP contribution in [0.15, 0.2) is 54.6 Å². The van der Waals surface area contributed by atoms with E-state index >= 15 is 0 Å². The number of carboxylic acids is 1. The number of amides is 1. The number of rotatable bonds is 4. The fourth-order valence-electron chi connectivity index (χ4n) is 3.95. The number of aromatic nitrogens is 2. The molecule has 192 valence electrons. The molecule has 4 aromatic rings. The van der Waals surface area contributed by atoms with Gasteiger partial charge in [0.15, 0.2) is 0 Å². The van der Waals surface area contributed by atoms with Gasteiger partial charge in [-0.1, -0.05) is 18.2 Å². The van der Waals surface area contributed by atoms with Gasteiger partial charge in [-0.3, -0.25) is 4.79 Å². The second-order valence-electron chi connectivity index (χ2n) is 8.61. The first-order valence-corrected chi connectivity index (χ1v) is 11.4. The first-order valence-electron chi connectivity index (χ1n) is 11.4. The van der Waals surface area contributed by atoms with Crippen LogP contribution in [0.25, 0.3) is 11.0 Å². The maximum absolute atomic E-state index is 14.4. The molecule has 5 rings (SSSR count). The highest BCUT2D eigenvalue weighted by atomic mass is 19.1. The van der Waals surface area contributed by atoms with Crippen molar-refractivity contribution in [1.29, 1.82) is 0 Å². The molecule has 1 aliphatic rings. The summed E-state index contributed by atoms with van der Waals surface area (Å²) in [5.41, 5.74) is 2.10. The van der Waals surface area contributed by atoms with E-state index in [9.17, 15) is 18.4 Å². The number of ether oxygens (including phenoxy) is 2. The molecule has 0 fully saturated rings. The zero-order valence-corrected chi connectivity index (χ0v) is 20.4. The van der Waals surface area contributed by atoms with Crippen molar-refractivity contribution in [3.05, 3.63) is 88.7 Å². The van der Waals surface area contributed by atoms with Gasteiger partial charge in [0, 0.05) is 38.2 Å². The number of hydrogen-bond donors (Lipinski definition) is 2. The van der Waals surface area contributed by atoms with Crippen LogP contribution in [-0.4, -0.2) is 52.6 Å². The van der Waals surface area contributed by atoms with Crippen LogP contribution in [0, 0.1) is 18.6 Å². The molecule has 0 saturated carbocycles. The van der Waals surface area contributed by atoms with E-state index in [2.05, 4.69) is 9.97 Å². The maximum Gasteiger partial charge on any atom is 0.335 e. The summed E-state index contributed by atoms with van der Waals surface area (Å²) < 4.78 is 39.5. The minimum absolute atomic E-state index is 0.128. The number of halogens is 2. The van der Waals surface area contributed by atoms with Crippen molar-refractivity contribution in [2.24, 2.45) is 0 Å². The smallest absolute Gasteiger partial charge is 0.335 e. The summed E-state index contributed by atoms with van der Waals surface area (Å²) in [5.74, 6) is -1.36. The number of nitrogens with one attached hydrogen (secondary N) is 1. The largest absolute Gasteiger partial charge is 0.493 e. The lowest BCUT2D eigenvalue weighted by Gasteiger charge is -2.27. The summed E-state index contributed by atoms with van der Waals surface area (Å²) >= 11 is 0. The third-order valence-electron chi connectivity index (χ3n) is 5.63. The number of H-pyrrole nitrogens is 1. The summed E-state index contributed by atoms with van der Waals surface area (Å²) in [7, 11) is 3.31. The fraction of sp³-hybridized carbons (Fsp3) is 0.222. The molecule has 0 radical (unpaired) electrons. The Bertz CT molecular complexity index is 1450. The van der Waals surface area contributed by atoms with E-state index in [1.807, 2.05) is 0 Å². The van der Waals surface area contributed by atoms with Crippen LogP contribution >= 0.6 is 0 Å². The molecule has 0 saturated heterocycles. The number of aryl methyl sites for hydroxylation is 1. The molecule has 3 aromatic carbocycles. The number of hydrogen-bond acceptors (Lipinski definition) is 5. The molecular formula is C27H25F2N3O5. The summed E-state index contributed by atoms with van der Waals surface area (Å²) in [6.07, 6.45) is -0.305. The molecule has 0 unspecified atom stereocenters. The van der Waals surface area contributed by atoms with Crippen molar-refractivity contribution in [3.63, 3.8) is 0 Å². The average molecular weight is 510 g/mol. The molecule has 1 amide bonds. The monoisotopic (exact) mass is 509 g/mol. The first kappa shape index (κ1) is 25.6. The van der Waals surface area contributed by atoms with Crippen LogP contribution < -0.4 is 9.47 Å². The minimum atomic E-state index is -0.879. The molecule has 0 bridgehead atoms. The quantitative estimate of drug-likeness (QED) is 0.395. The van der Waals surface area contributed by atoms with Crippen LogP contribution in [0.5, 0.6) is 11.5 Å². The van der Waals surface area contributed by atoms with Crippen molar-refractivity contribution in [1.82, 2.24) is 14.9 Å². The van der Waals surface area contributed by atoms with E-state index in [1.54, 1.807) is 63.5 Å². The molecule has 10 heteroatoms. The third-order valence-corrected chi connectivity index (χ3v) is 5.63. The number of aromatic carboxylic acids is 1. The lowest BCUT2D eigenvalue weighted by molar-refractivity contribution is 0.0696. The zero-order valence-electron chi connectivity index (χ0n) is 20.4. The summed E-state index contributed by atoms with van der Waals surface area (Å²) in [4.78, 5) is 31.6. The average Bonchev–Trinajstić information content (AvgIpc) is 3.24. The van der Waals surface area contributed by atoms with E-state index in [-0.39, 0.29) is 23.8 Å². The van der Waals surface area contributed by atoms with Gasteiger partial charge < -0.3 is 24.5 Å². The van der Waals surface area contributed by atoms with Crippen LogP contribution in [0.4, 0.5) is 8.78 Å². The number of nitrogens with zero attached hydrogens (tertiary/aromatic N) is 2. The second kappa shape index (κ2) is 10.7. The Morgan fingerprint density at radius 1 is 1.11 bits per heavy atom. The van der Waals surface area contributed by atoms with E-state index < -0.39 is 23.7 Å². The van der Waals surface area contributed by atoms with E-state index in [4.69, 9.17) is 14.6 Å². The Morgan fingerprint density at radius 3 is 2.49 bits per heavy atom. The van der Waals surface area contributed by atoms with E-state index in [0.717, 1.165) is 12.1 Å². The summed E-state index contributed by atoms with van der Waals surface area (Å²) in [6.45, 7) is 2.06. The molecule has 1 aliphatic heterocycles. The number of fused-ring (bicyclic) bond motifs is 2. The van der Waals surface area contributed by atoms with Gasteiger partial charge in [0.25, 0.3) is 5.91 Å². The lowest BCUT2D eigenvalue weighted by atomic mass is 10.0. The SMILES string of the molecule is Cc1nc2c(O[C@H]3CCOc4cc(F)cc(F)c43)cc(C(=O)N(C)C)cc2[nH]1.O=C(O)c1ccccc1. The predicted molar refractivity (Wildman–Crippen MR) is 132 cm³/mol. The summed E-state index contributed by atoms with van der Waals surface area (Å²) in [6, 6.07) is 13.6. The van der Waals surface area contributed by atoms with Crippen molar-refractivity contribution in [2.45, 2.75) is 19.4 Å². The maximum atomic E-state index is 14.4. The van der Waals surface area contributed by atoms with Gasteiger partial charge in [-0.25, -0.2) is 18.6 Å². The topological polar surface area (TPSA) is 105 Å². The standard InChI is InChI=1S/C20H19F2N3O3.C7H6O2/c1-10-23-14-6-11(20(26)25(2)3)7-17(19(14)24-10)28-15-4-5-27-16-9-12(21)8-13(22)18(15)16;8-7(9)6-4-2-1-3-5-6/h6-9,15H,4-5H2,1-3H3,(H,23,24);1-5H,(H,8,9)/t15-;/m0./s1. The number of carbonyl (C=O) groups is 2.